The van der Waals surface area contributed by atoms with Crippen molar-refractivity contribution in [2.24, 2.45) is 52.3 Å². The van der Waals surface area contributed by atoms with Crippen LogP contribution >= 0.6 is 0 Å². The minimum Gasteiger partial charge on any atom is -0.299 e. The zero-order chi connectivity index (χ0) is 20.1. The van der Waals surface area contributed by atoms with Crippen LogP contribution in [0.3, 0.4) is 0 Å². The van der Waals surface area contributed by atoms with Crippen molar-refractivity contribution in [3.8, 4) is 0 Å². The van der Waals surface area contributed by atoms with Crippen molar-refractivity contribution in [1.82, 2.24) is 0 Å². The number of carbonyl (C=O) groups excluding carboxylic acids is 1. The number of fused-ring (bicyclic) bond motifs is 5. The molecule has 4 aliphatic carbocycles. The predicted molar refractivity (Wildman–Crippen MR) is 118 cm³/mol. The van der Waals surface area contributed by atoms with Crippen LogP contribution in [0.1, 0.15) is 112 Å². The summed E-state index contributed by atoms with van der Waals surface area (Å²) >= 11 is 0. The van der Waals surface area contributed by atoms with Crippen LogP contribution in [0.25, 0.3) is 0 Å². The van der Waals surface area contributed by atoms with E-state index in [2.05, 4.69) is 34.6 Å². The van der Waals surface area contributed by atoms with Gasteiger partial charge in [0.15, 0.2) is 0 Å². The standard InChI is InChI=1S/C27H46O/c1-18(2)8-6-9-19(3)22-14-15-23-21-13-12-20-10-7-11-25(28)27(20,5)24(21)16-17-26(22,23)4/h18-24H,6-17H2,1-5H3. The molecule has 1 heteroatoms. The van der Waals surface area contributed by atoms with Crippen molar-refractivity contribution in [1.29, 1.82) is 0 Å². The third-order valence-corrected chi connectivity index (χ3v) is 10.7. The largest absolute Gasteiger partial charge is 0.299 e. The number of rotatable bonds is 5. The van der Waals surface area contributed by atoms with Gasteiger partial charge in [0.1, 0.15) is 5.78 Å². The third-order valence-electron chi connectivity index (χ3n) is 10.7. The Morgan fingerprint density at radius 3 is 2.46 bits per heavy atom. The fourth-order valence-corrected chi connectivity index (χ4v) is 9.11. The minimum absolute atomic E-state index is 0.0312. The van der Waals surface area contributed by atoms with Crippen molar-refractivity contribution in [3.05, 3.63) is 0 Å². The van der Waals surface area contributed by atoms with E-state index in [4.69, 9.17) is 0 Å². The van der Waals surface area contributed by atoms with Gasteiger partial charge in [0.05, 0.1) is 0 Å². The summed E-state index contributed by atoms with van der Waals surface area (Å²) in [6.45, 7) is 12.4. The number of hydrogen-bond acceptors (Lipinski definition) is 1. The van der Waals surface area contributed by atoms with Gasteiger partial charge in [-0.05, 0) is 98.2 Å². The Kier molecular flexibility index (Phi) is 5.78. The predicted octanol–water partition coefficient (Wildman–Crippen LogP) is 7.68. The highest BCUT2D eigenvalue weighted by Crippen LogP contribution is 2.67. The van der Waals surface area contributed by atoms with Gasteiger partial charge in [0.2, 0.25) is 0 Å². The van der Waals surface area contributed by atoms with Gasteiger partial charge in [-0.25, -0.2) is 0 Å². The van der Waals surface area contributed by atoms with Crippen molar-refractivity contribution in [2.45, 2.75) is 112 Å². The van der Waals surface area contributed by atoms with E-state index < -0.39 is 0 Å². The summed E-state index contributed by atoms with van der Waals surface area (Å²) in [5, 5.41) is 0. The van der Waals surface area contributed by atoms with Crippen molar-refractivity contribution in [3.63, 3.8) is 0 Å². The Hall–Kier alpha value is -0.330. The van der Waals surface area contributed by atoms with Crippen molar-refractivity contribution in [2.75, 3.05) is 0 Å². The van der Waals surface area contributed by atoms with E-state index >= 15 is 0 Å². The fourth-order valence-electron chi connectivity index (χ4n) is 9.11. The lowest BCUT2D eigenvalue weighted by Gasteiger charge is -2.60. The Balaban J connectivity index is 1.49. The van der Waals surface area contributed by atoms with Crippen LogP contribution in [-0.4, -0.2) is 5.78 Å². The summed E-state index contributed by atoms with van der Waals surface area (Å²) in [6, 6.07) is 0. The van der Waals surface area contributed by atoms with Crippen LogP contribution in [0.4, 0.5) is 0 Å². The molecule has 1 nitrogen and oxygen atoms in total. The molecule has 0 spiro atoms. The Labute approximate surface area is 174 Å². The zero-order valence-electron chi connectivity index (χ0n) is 19.4. The summed E-state index contributed by atoms with van der Waals surface area (Å²) < 4.78 is 0. The van der Waals surface area contributed by atoms with Crippen molar-refractivity contribution >= 4 is 5.78 Å². The number of carbonyl (C=O) groups is 1. The van der Waals surface area contributed by atoms with Gasteiger partial charge in [-0.2, -0.15) is 0 Å². The SMILES string of the molecule is CC(C)CCCC(C)C1CCC2C3CCC4CCCC(=O)C4(C)C3CCC12C. The van der Waals surface area contributed by atoms with Crippen LogP contribution < -0.4 is 0 Å². The first-order chi connectivity index (χ1) is 13.3. The molecule has 8 unspecified atom stereocenters. The minimum atomic E-state index is 0.0312. The van der Waals surface area contributed by atoms with Crippen LogP contribution in [0.5, 0.6) is 0 Å². The van der Waals surface area contributed by atoms with Crippen LogP contribution in [0, 0.1) is 52.3 Å². The number of hydrogen-bond donors (Lipinski definition) is 0. The molecule has 0 aromatic carbocycles. The van der Waals surface area contributed by atoms with Gasteiger partial charge in [-0.3, -0.25) is 4.79 Å². The highest BCUT2D eigenvalue weighted by molar-refractivity contribution is 5.86. The second kappa shape index (κ2) is 7.73. The fraction of sp³-hybridized carbons (Fsp3) is 0.963. The van der Waals surface area contributed by atoms with Gasteiger partial charge >= 0.3 is 0 Å². The smallest absolute Gasteiger partial charge is 0.139 e. The molecule has 4 saturated carbocycles. The monoisotopic (exact) mass is 386 g/mol. The van der Waals surface area contributed by atoms with E-state index in [0.29, 0.717) is 23.0 Å². The molecule has 0 saturated heterocycles. The van der Waals surface area contributed by atoms with E-state index in [1.165, 1.54) is 64.2 Å². The molecular weight excluding hydrogens is 340 g/mol. The summed E-state index contributed by atoms with van der Waals surface area (Å²) in [5.41, 5.74) is 0.586. The second-order valence-corrected chi connectivity index (χ2v) is 12.3. The first-order valence-corrected chi connectivity index (χ1v) is 12.8. The van der Waals surface area contributed by atoms with Crippen LogP contribution in [0.15, 0.2) is 0 Å². The van der Waals surface area contributed by atoms with Crippen molar-refractivity contribution < 1.29 is 4.79 Å². The van der Waals surface area contributed by atoms with Crippen LogP contribution in [-0.2, 0) is 4.79 Å². The summed E-state index contributed by atoms with van der Waals surface area (Å²) in [7, 11) is 0. The highest BCUT2D eigenvalue weighted by atomic mass is 16.1. The van der Waals surface area contributed by atoms with Gasteiger partial charge in [-0.1, -0.05) is 53.9 Å². The first-order valence-electron chi connectivity index (χ1n) is 12.8. The molecule has 0 bridgehead atoms. The summed E-state index contributed by atoms with van der Waals surface area (Å²) in [5.74, 6) is 6.44. The maximum Gasteiger partial charge on any atom is 0.139 e. The van der Waals surface area contributed by atoms with E-state index in [-0.39, 0.29) is 5.41 Å². The van der Waals surface area contributed by atoms with Gasteiger partial charge in [0, 0.05) is 11.8 Å². The molecule has 4 rings (SSSR count). The highest BCUT2D eigenvalue weighted by Gasteiger charge is 2.62. The van der Waals surface area contributed by atoms with Gasteiger partial charge in [0.25, 0.3) is 0 Å². The van der Waals surface area contributed by atoms with E-state index in [1.54, 1.807) is 0 Å². The number of Topliss-reactive ketones (excluding diaryl/α,β-unsaturated/α-hetero) is 1. The molecule has 0 aromatic heterocycles. The van der Waals surface area contributed by atoms with E-state index in [0.717, 1.165) is 42.4 Å². The average Bonchev–Trinajstić information content (AvgIpc) is 3.00. The Morgan fingerprint density at radius 1 is 0.929 bits per heavy atom. The van der Waals surface area contributed by atoms with E-state index in [9.17, 15) is 4.79 Å². The lowest BCUT2D eigenvalue weighted by Crippen LogP contribution is -2.56. The zero-order valence-corrected chi connectivity index (χ0v) is 19.4. The molecule has 28 heavy (non-hydrogen) atoms. The average molecular weight is 387 g/mol. The molecule has 0 heterocycles. The molecular formula is C27H46O. The molecule has 0 N–H and O–H groups in total. The Morgan fingerprint density at radius 2 is 1.71 bits per heavy atom. The molecule has 8 atom stereocenters. The molecule has 160 valence electrons. The molecule has 0 aliphatic heterocycles. The first kappa shape index (κ1) is 20.9. The molecule has 4 aliphatic rings. The molecule has 0 radical (unpaired) electrons. The van der Waals surface area contributed by atoms with E-state index in [1.807, 2.05) is 0 Å². The summed E-state index contributed by atoms with van der Waals surface area (Å²) in [6.07, 6.45) is 16.0. The molecule has 4 fully saturated rings. The third kappa shape index (κ3) is 3.22. The normalized spacial score (nSPS) is 46.8. The van der Waals surface area contributed by atoms with Gasteiger partial charge in [-0.15, -0.1) is 0 Å². The topological polar surface area (TPSA) is 17.1 Å². The molecule has 0 amide bonds. The second-order valence-electron chi connectivity index (χ2n) is 12.3. The lowest BCUT2D eigenvalue weighted by molar-refractivity contribution is -0.156. The maximum absolute atomic E-state index is 13.1. The Bertz CT molecular complexity index is 579. The number of ketones is 1. The summed E-state index contributed by atoms with van der Waals surface area (Å²) in [4.78, 5) is 13.1. The lowest BCUT2D eigenvalue weighted by atomic mass is 9.44. The van der Waals surface area contributed by atoms with Crippen LogP contribution in [0.2, 0.25) is 0 Å². The maximum atomic E-state index is 13.1. The quantitative estimate of drug-likeness (QED) is 0.473. The molecule has 0 aromatic rings. The van der Waals surface area contributed by atoms with Gasteiger partial charge < -0.3 is 0 Å².